The summed E-state index contributed by atoms with van der Waals surface area (Å²) in [5, 5.41) is 16.7. The van der Waals surface area contributed by atoms with Gasteiger partial charge in [-0.3, -0.25) is 4.79 Å². The molecule has 232 valence electrons. The van der Waals surface area contributed by atoms with E-state index in [2.05, 4.69) is 57.5 Å². The maximum atomic E-state index is 13.8. The van der Waals surface area contributed by atoms with E-state index in [1.54, 1.807) is 0 Å². The van der Waals surface area contributed by atoms with Crippen LogP contribution in [-0.2, 0) is 4.74 Å². The summed E-state index contributed by atoms with van der Waals surface area (Å²) in [4.78, 5) is 25.9. The van der Waals surface area contributed by atoms with Crippen LogP contribution in [0.1, 0.15) is 56.0 Å². The number of pyridine rings is 1. The Kier molecular flexibility index (Phi) is 10.1. The number of allylic oxidation sites excluding steroid dienone is 3. The number of hydrogen-bond donors (Lipinski definition) is 3. The Hall–Kier alpha value is -3.40. The molecular formula is C34H48N6O3. The smallest absolute Gasteiger partial charge is 0.251 e. The third-order valence-electron chi connectivity index (χ3n) is 9.10. The van der Waals surface area contributed by atoms with E-state index in [1.807, 2.05) is 39.1 Å². The Morgan fingerprint density at radius 3 is 2.60 bits per heavy atom. The highest BCUT2D eigenvalue weighted by molar-refractivity contribution is 5.99. The van der Waals surface area contributed by atoms with Gasteiger partial charge in [0.1, 0.15) is 12.0 Å². The molecule has 9 nitrogen and oxygen atoms in total. The van der Waals surface area contributed by atoms with Crippen LogP contribution in [0.2, 0.25) is 0 Å². The van der Waals surface area contributed by atoms with E-state index in [9.17, 15) is 9.90 Å². The molecule has 4 heterocycles. The van der Waals surface area contributed by atoms with Crippen molar-refractivity contribution in [1.29, 1.82) is 0 Å². The number of amides is 1. The first kappa shape index (κ1) is 31.0. The average molecular weight is 589 g/mol. The highest BCUT2D eigenvalue weighted by atomic mass is 16.5. The number of nitrogens with one attached hydrogen (secondary N) is 2. The number of benzene rings is 1. The molecule has 1 atom stereocenters. The van der Waals surface area contributed by atoms with Crippen LogP contribution in [0, 0.1) is 6.92 Å². The minimum Gasteiger partial charge on any atom is -0.381 e. The van der Waals surface area contributed by atoms with Gasteiger partial charge < -0.3 is 35.2 Å². The topological polar surface area (TPSA) is 93.2 Å². The number of carbonyl (C=O) groups is 1. The highest BCUT2D eigenvalue weighted by Crippen LogP contribution is 2.34. The Labute approximate surface area is 256 Å². The third kappa shape index (κ3) is 7.22. The second-order valence-corrected chi connectivity index (χ2v) is 12.1. The van der Waals surface area contributed by atoms with Crippen molar-refractivity contribution >= 4 is 17.4 Å². The zero-order valence-corrected chi connectivity index (χ0v) is 26.4. The Bertz CT molecular complexity index is 1350. The molecule has 2 fully saturated rings. The van der Waals surface area contributed by atoms with Gasteiger partial charge in [-0.15, -0.1) is 0 Å². The first-order chi connectivity index (χ1) is 20.7. The largest absolute Gasteiger partial charge is 0.381 e. The minimum absolute atomic E-state index is 0.152. The average Bonchev–Trinajstić information content (AvgIpc) is 3.22. The predicted molar refractivity (Wildman–Crippen MR) is 174 cm³/mol. The van der Waals surface area contributed by atoms with Gasteiger partial charge in [0.05, 0.1) is 0 Å². The van der Waals surface area contributed by atoms with Gasteiger partial charge in [0.2, 0.25) is 0 Å². The summed E-state index contributed by atoms with van der Waals surface area (Å²) in [7, 11) is 2.17. The molecule has 3 N–H and O–H groups in total. The number of dihydropyridines is 1. The fourth-order valence-corrected chi connectivity index (χ4v) is 6.53. The molecule has 3 aliphatic heterocycles. The zero-order valence-electron chi connectivity index (χ0n) is 26.4. The van der Waals surface area contributed by atoms with Gasteiger partial charge in [-0.1, -0.05) is 0 Å². The molecule has 1 aromatic heterocycles. The molecule has 2 saturated heterocycles. The van der Waals surface area contributed by atoms with Crippen molar-refractivity contribution in [2.24, 2.45) is 0 Å². The number of hydrogen-bond acceptors (Lipinski definition) is 8. The van der Waals surface area contributed by atoms with Gasteiger partial charge in [-0.25, -0.2) is 4.98 Å². The normalized spacial score (nSPS) is 20.4. The number of aliphatic hydroxyl groups is 1. The number of nitrogens with zero attached hydrogens (tertiary/aromatic N) is 4. The lowest BCUT2D eigenvalue weighted by atomic mass is 9.95. The summed E-state index contributed by atoms with van der Waals surface area (Å²) in [6, 6.07) is 8.81. The number of rotatable bonds is 8. The van der Waals surface area contributed by atoms with Gasteiger partial charge in [0, 0.05) is 86.3 Å². The quantitative estimate of drug-likeness (QED) is 0.425. The van der Waals surface area contributed by atoms with Crippen LogP contribution < -0.4 is 20.4 Å². The summed E-state index contributed by atoms with van der Waals surface area (Å²) in [6.45, 7) is 14.8. The molecule has 1 amide bonds. The first-order valence-corrected chi connectivity index (χ1v) is 15.7. The van der Waals surface area contributed by atoms with Gasteiger partial charge in [0.25, 0.3) is 5.91 Å². The molecule has 0 radical (unpaired) electrons. The van der Waals surface area contributed by atoms with E-state index in [0.717, 1.165) is 110 Å². The van der Waals surface area contributed by atoms with E-state index < -0.39 is 6.23 Å². The van der Waals surface area contributed by atoms with E-state index in [4.69, 9.17) is 9.72 Å². The maximum Gasteiger partial charge on any atom is 0.251 e. The lowest BCUT2D eigenvalue weighted by Crippen LogP contribution is -2.40. The van der Waals surface area contributed by atoms with Gasteiger partial charge >= 0.3 is 0 Å². The number of aromatic nitrogens is 1. The molecule has 2 aromatic rings. The van der Waals surface area contributed by atoms with E-state index in [0.29, 0.717) is 11.6 Å². The van der Waals surface area contributed by atoms with Gasteiger partial charge in [-0.2, -0.15) is 0 Å². The molecule has 1 unspecified atom stereocenters. The predicted octanol–water partition coefficient (Wildman–Crippen LogP) is 4.08. The van der Waals surface area contributed by atoms with E-state index >= 15 is 0 Å². The number of ether oxygens (including phenoxy) is 1. The lowest BCUT2D eigenvalue weighted by Gasteiger charge is -2.37. The molecule has 1 aromatic carbocycles. The van der Waals surface area contributed by atoms with Crippen LogP contribution in [0.15, 0.2) is 53.4 Å². The number of likely N-dealkylation sites (N-methyl/N-ethyl adjacent to an activating group) is 1. The Morgan fingerprint density at radius 1 is 1.12 bits per heavy atom. The van der Waals surface area contributed by atoms with Crippen molar-refractivity contribution in [2.75, 3.05) is 69.3 Å². The Morgan fingerprint density at radius 2 is 1.91 bits per heavy atom. The molecule has 0 saturated carbocycles. The summed E-state index contributed by atoms with van der Waals surface area (Å²) < 4.78 is 5.66. The maximum absolute atomic E-state index is 13.8. The summed E-state index contributed by atoms with van der Waals surface area (Å²) in [5.74, 6) is 0.843. The summed E-state index contributed by atoms with van der Waals surface area (Å²) >= 11 is 0. The van der Waals surface area contributed by atoms with Crippen molar-refractivity contribution < 1.29 is 14.6 Å². The number of anilines is 2. The summed E-state index contributed by atoms with van der Waals surface area (Å²) in [5.41, 5.74) is 7.27. The van der Waals surface area contributed by atoms with Crippen LogP contribution in [0.4, 0.5) is 11.5 Å². The first-order valence-electron chi connectivity index (χ1n) is 15.7. The van der Waals surface area contributed by atoms with Crippen LogP contribution in [0.5, 0.6) is 0 Å². The molecule has 0 bridgehead atoms. The van der Waals surface area contributed by atoms with Crippen LogP contribution in [0.3, 0.4) is 0 Å². The van der Waals surface area contributed by atoms with Crippen LogP contribution >= 0.6 is 0 Å². The van der Waals surface area contributed by atoms with Crippen molar-refractivity contribution in [1.82, 2.24) is 20.5 Å². The zero-order chi connectivity index (χ0) is 30.5. The summed E-state index contributed by atoms with van der Waals surface area (Å²) in [6.07, 6.45) is 6.17. The Balaban J connectivity index is 1.47. The van der Waals surface area contributed by atoms with Crippen molar-refractivity contribution in [3.05, 3.63) is 64.5 Å². The van der Waals surface area contributed by atoms with E-state index in [1.165, 1.54) is 0 Å². The molecule has 9 heteroatoms. The second kappa shape index (κ2) is 13.9. The van der Waals surface area contributed by atoms with Gasteiger partial charge in [0.15, 0.2) is 0 Å². The van der Waals surface area contributed by atoms with Crippen LogP contribution in [-0.4, -0.2) is 92.7 Å². The lowest BCUT2D eigenvalue weighted by molar-refractivity contribution is 0.0846. The second-order valence-electron chi connectivity index (χ2n) is 12.1. The molecule has 5 rings (SSSR count). The highest BCUT2D eigenvalue weighted by Gasteiger charge is 2.26. The van der Waals surface area contributed by atoms with Crippen molar-refractivity contribution in [2.45, 2.75) is 59.2 Å². The third-order valence-corrected chi connectivity index (χ3v) is 9.10. The molecule has 0 aliphatic carbocycles. The minimum atomic E-state index is -0.813. The number of carbonyl (C=O) groups excluding carboxylic acids is 1. The molecule has 0 spiro atoms. The molecule has 43 heavy (non-hydrogen) atoms. The fraction of sp³-hybridized carbons (Fsp3) is 0.529. The molecule has 3 aliphatic rings. The standard InChI is InChI=1S/C34H48N6O3/c1-6-40(28-10-16-43-17-11-28)31-20-27(26-8-9-32(35-21-26)39-13-7-12-38(5)14-15-39)19-29(25(31)4)33(41)36-22-30-23(2)18-24(3)37-34(30)42/h8-9,18-21,28,34,37,42H,6-7,10-17,22H2,1-5H3,(H,36,41). The SMILES string of the molecule is CCN(c1cc(-c2ccc(N3CCCN(C)CC3)nc2)cc(C(=O)NCC2=C(C)C=C(C)NC2O)c1C)C1CCOCC1. The van der Waals surface area contributed by atoms with Gasteiger partial charge in [-0.05, 0) is 108 Å². The monoisotopic (exact) mass is 588 g/mol. The van der Waals surface area contributed by atoms with Crippen LogP contribution in [0.25, 0.3) is 11.1 Å². The number of aliphatic hydroxyl groups excluding tert-OH is 1. The fourth-order valence-electron chi connectivity index (χ4n) is 6.53. The molecular weight excluding hydrogens is 540 g/mol. The van der Waals surface area contributed by atoms with E-state index in [-0.39, 0.29) is 12.5 Å². The van der Waals surface area contributed by atoms with Crippen molar-refractivity contribution in [3.63, 3.8) is 0 Å². The van der Waals surface area contributed by atoms with Crippen molar-refractivity contribution in [3.8, 4) is 11.1 Å².